The fraction of sp³-hybridized carbons (Fsp3) is 0.211. The number of halogens is 1. The summed E-state index contributed by atoms with van der Waals surface area (Å²) in [4.78, 5) is 4.36. The quantitative estimate of drug-likeness (QED) is 0.704. The van der Waals surface area contributed by atoms with Gasteiger partial charge in [-0.05, 0) is 30.7 Å². The Morgan fingerprint density at radius 3 is 2.75 bits per heavy atom. The van der Waals surface area contributed by atoms with Gasteiger partial charge in [-0.2, -0.15) is 0 Å². The number of rotatable bonds is 6. The molecule has 0 fully saturated rings. The van der Waals surface area contributed by atoms with E-state index in [0.29, 0.717) is 11.6 Å². The number of aromatic nitrogens is 2. The number of hydrogen-bond donors (Lipinski definition) is 2. The van der Waals surface area contributed by atoms with E-state index in [2.05, 4.69) is 21.8 Å². The van der Waals surface area contributed by atoms with Gasteiger partial charge in [-0.1, -0.05) is 41.9 Å². The van der Waals surface area contributed by atoms with Crippen LogP contribution in [0.2, 0.25) is 5.02 Å². The third kappa shape index (κ3) is 3.61. The topological polar surface area (TPSA) is 50.1 Å². The van der Waals surface area contributed by atoms with Crippen molar-refractivity contribution in [1.82, 2.24) is 9.55 Å². The molecule has 0 aliphatic heterocycles. The number of anilines is 1. The number of nitrogens with one attached hydrogen (secondary N) is 1. The van der Waals surface area contributed by atoms with E-state index < -0.39 is 6.10 Å². The molecule has 1 heterocycles. The molecule has 0 unspecified atom stereocenters. The van der Waals surface area contributed by atoms with Gasteiger partial charge < -0.3 is 15.0 Å². The third-order valence-corrected chi connectivity index (χ3v) is 4.24. The molecule has 4 nitrogen and oxygen atoms in total. The maximum Gasteiger partial charge on any atom is 0.128 e. The van der Waals surface area contributed by atoms with E-state index in [4.69, 9.17) is 11.6 Å². The number of aliphatic hydroxyl groups excluding tert-OH is 1. The van der Waals surface area contributed by atoms with Gasteiger partial charge in [0.15, 0.2) is 0 Å². The Labute approximate surface area is 146 Å². The van der Waals surface area contributed by atoms with Crippen molar-refractivity contribution in [3.05, 3.63) is 82.9 Å². The van der Waals surface area contributed by atoms with Crippen LogP contribution in [0.15, 0.2) is 60.9 Å². The van der Waals surface area contributed by atoms with Crippen LogP contribution < -0.4 is 5.32 Å². The van der Waals surface area contributed by atoms with E-state index in [1.54, 1.807) is 12.3 Å². The van der Waals surface area contributed by atoms with Crippen molar-refractivity contribution < 1.29 is 5.11 Å². The molecular weight excluding hydrogens is 322 g/mol. The summed E-state index contributed by atoms with van der Waals surface area (Å²) in [6.45, 7) is 3.53. The largest absolute Gasteiger partial charge is 0.384 e. The molecule has 0 saturated heterocycles. The minimum atomic E-state index is -0.738. The SMILES string of the molecule is CCn1ccnc1CNc1ccc(Cl)cc1[C@H](O)c1ccccc1. The molecule has 124 valence electrons. The zero-order chi connectivity index (χ0) is 16.9. The van der Waals surface area contributed by atoms with E-state index >= 15 is 0 Å². The van der Waals surface area contributed by atoms with Crippen molar-refractivity contribution in [1.29, 1.82) is 0 Å². The van der Waals surface area contributed by atoms with Gasteiger partial charge in [0.05, 0.1) is 6.54 Å². The predicted molar refractivity (Wildman–Crippen MR) is 97.2 cm³/mol. The van der Waals surface area contributed by atoms with Crippen molar-refractivity contribution in [2.75, 3.05) is 5.32 Å². The van der Waals surface area contributed by atoms with E-state index in [1.807, 2.05) is 48.7 Å². The highest BCUT2D eigenvalue weighted by Crippen LogP contribution is 2.31. The number of aryl methyl sites for hydroxylation is 1. The summed E-state index contributed by atoms with van der Waals surface area (Å²) >= 11 is 6.14. The van der Waals surface area contributed by atoms with Crippen LogP contribution in [-0.4, -0.2) is 14.7 Å². The standard InChI is InChI=1S/C19H20ClN3O/c1-2-23-11-10-21-18(23)13-22-17-9-8-15(20)12-16(17)19(24)14-6-4-3-5-7-14/h3-12,19,22,24H,2,13H2,1H3/t19-/m1/s1. The van der Waals surface area contributed by atoms with E-state index in [0.717, 1.165) is 29.2 Å². The van der Waals surface area contributed by atoms with Gasteiger partial charge in [0.1, 0.15) is 11.9 Å². The Morgan fingerprint density at radius 2 is 2.00 bits per heavy atom. The van der Waals surface area contributed by atoms with Crippen LogP contribution in [0, 0.1) is 0 Å². The Hall–Kier alpha value is -2.30. The lowest BCUT2D eigenvalue weighted by Gasteiger charge is -2.18. The third-order valence-electron chi connectivity index (χ3n) is 4.00. The van der Waals surface area contributed by atoms with Crippen LogP contribution in [0.3, 0.4) is 0 Å². The van der Waals surface area contributed by atoms with Gasteiger partial charge in [0.25, 0.3) is 0 Å². The molecule has 0 bridgehead atoms. The van der Waals surface area contributed by atoms with Crippen LogP contribution in [0.25, 0.3) is 0 Å². The molecule has 0 saturated carbocycles. The van der Waals surface area contributed by atoms with Gasteiger partial charge in [0.2, 0.25) is 0 Å². The molecule has 0 aliphatic carbocycles. The van der Waals surface area contributed by atoms with Gasteiger partial charge >= 0.3 is 0 Å². The zero-order valence-electron chi connectivity index (χ0n) is 13.5. The minimum Gasteiger partial charge on any atom is -0.384 e. The molecule has 0 radical (unpaired) electrons. The Kier molecular flexibility index (Phi) is 5.18. The maximum atomic E-state index is 10.7. The number of hydrogen-bond acceptors (Lipinski definition) is 3. The van der Waals surface area contributed by atoms with Crippen molar-refractivity contribution in [3.63, 3.8) is 0 Å². The Bertz CT molecular complexity index is 801. The molecule has 1 aromatic heterocycles. The first-order valence-electron chi connectivity index (χ1n) is 7.95. The lowest BCUT2D eigenvalue weighted by molar-refractivity contribution is 0.221. The second kappa shape index (κ2) is 7.51. The average Bonchev–Trinajstić information content (AvgIpc) is 3.08. The minimum absolute atomic E-state index is 0.580. The van der Waals surface area contributed by atoms with Gasteiger partial charge in [0, 0.05) is 35.2 Å². The van der Waals surface area contributed by atoms with Crippen LogP contribution in [0.5, 0.6) is 0 Å². The molecule has 0 amide bonds. The van der Waals surface area contributed by atoms with Crippen molar-refractivity contribution >= 4 is 17.3 Å². The summed E-state index contributed by atoms with van der Waals surface area (Å²) in [7, 11) is 0. The average molecular weight is 342 g/mol. The summed E-state index contributed by atoms with van der Waals surface area (Å²) in [5.74, 6) is 0.951. The molecule has 24 heavy (non-hydrogen) atoms. The monoisotopic (exact) mass is 341 g/mol. The highest BCUT2D eigenvalue weighted by Gasteiger charge is 2.15. The van der Waals surface area contributed by atoms with Gasteiger partial charge in [-0.15, -0.1) is 0 Å². The van der Waals surface area contributed by atoms with Crippen LogP contribution in [-0.2, 0) is 13.1 Å². The summed E-state index contributed by atoms with van der Waals surface area (Å²) in [5.41, 5.74) is 2.43. The van der Waals surface area contributed by atoms with E-state index in [9.17, 15) is 5.11 Å². The number of aliphatic hydroxyl groups is 1. The molecule has 5 heteroatoms. The maximum absolute atomic E-state index is 10.7. The number of benzene rings is 2. The molecule has 0 spiro atoms. The van der Waals surface area contributed by atoms with Gasteiger partial charge in [-0.3, -0.25) is 0 Å². The molecule has 2 aromatic carbocycles. The smallest absolute Gasteiger partial charge is 0.128 e. The van der Waals surface area contributed by atoms with E-state index in [-0.39, 0.29) is 0 Å². The molecule has 3 aromatic rings. The van der Waals surface area contributed by atoms with Crippen molar-refractivity contribution in [3.8, 4) is 0 Å². The molecular formula is C19H20ClN3O. The Balaban J connectivity index is 1.86. The van der Waals surface area contributed by atoms with Crippen LogP contribution in [0.4, 0.5) is 5.69 Å². The zero-order valence-corrected chi connectivity index (χ0v) is 14.2. The lowest BCUT2D eigenvalue weighted by atomic mass is 10.00. The summed E-state index contributed by atoms with van der Waals surface area (Å²) in [6, 6.07) is 15.1. The van der Waals surface area contributed by atoms with Gasteiger partial charge in [-0.25, -0.2) is 4.98 Å². The molecule has 2 N–H and O–H groups in total. The normalized spacial score (nSPS) is 12.1. The van der Waals surface area contributed by atoms with Crippen molar-refractivity contribution in [2.24, 2.45) is 0 Å². The summed E-state index contributed by atoms with van der Waals surface area (Å²) in [5, 5.41) is 14.7. The summed E-state index contributed by atoms with van der Waals surface area (Å²) < 4.78 is 2.08. The van der Waals surface area contributed by atoms with E-state index in [1.165, 1.54) is 0 Å². The molecule has 0 aliphatic rings. The predicted octanol–water partition coefficient (Wildman–Crippen LogP) is 4.25. The second-order valence-corrected chi connectivity index (χ2v) is 5.96. The second-order valence-electron chi connectivity index (χ2n) is 5.53. The molecule has 3 rings (SSSR count). The first kappa shape index (κ1) is 16.6. The van der Waals surface area contributed by atoms with Crippen LogP contribution >= 0.6 is 11.6 Å². The highest BCUT2D eigenvalue weighted by molar-refractivity contribution is 6.30. The lowest BCUT2D eigenvalue weighted by Crippen LogP contribution is -2.10. The highest BCUT2D eigenvalue weighted by atomic mass is 35.5. The first-order chi connectivity index (χ1) is 11.7. The summed E-state index contributed by atoms with van der Waals surface area (Å²) in [6.07, 6.45) is 3.01. The fourth-order valence-electron chi connectivity index (χ4n) is 2.71. The van der Waals surface area contributed by atoms with Crippen LogP contribution in [0.1, 0.15) is 30.0 Å². The molecule has 1 atom stereocenters. The fourth-order valence-corrected chi connectivity index (χ4v) is 2.89. The number of imidazole rings is 1. The Morgan fingerprint density at radius 1 is 1.21 bits per heavy atom. The number of nitrogens with zero attached hydrogens (tertiary/aromatic N) is 2. The first-order valence-corrected chi connectivity index (χ1v) is 8.33. The van der Waals surface area contributed by atoms with Crippen molar-refractivity contribution in [2.45, 2.75) is 26.1 Å².